The number of rotatable bonds is 1. The molecule has 0 amide bonds. The Balaban J connectivity index is 1.99. The standard InChI is InChI=1S/C16H23NO/c1-15-9-5-6-10-16(15,18)11-12-17-14(15)13-7-3-2-4-8-13/h2-4,7-8,14,17-18H,5-6,9-12H2,1H3/t14-,15-,16+/m1/s1. The highest BCUT2D eigenvalue weighted by molar-refractivity contribution is 5.25. The van der Waals surface area contributed by atoms with Crippen LogP contribution in [0.25, 0.3) is 0 Å². The quantitative estimate of drug-likeness (QED) is 0.797. The molecule has 1 aliphatic heterocycles. The van der Waals surface area contributed by atoms with Crippen LogP contribution in [0.5, 0.6) is 0 Å². The van der Waals surface area contributed by atoms with Gasteiger partial charge in [-0.3, -0.25) is 0 Å². The third-order valence-electron chi connectivity index (χ3n) is 5.26. The molecule has 3 atom stereocenters. The fourth-order valence-electron chi connectivity index (χ4n) is 4.03. The van der Waals surface area contributed by atoms with E-state index in [4.69, 9.17) is 0 Å². The van der Waals surface area contributed by atoms with Crippen molar-refractivity contribution in [2.24, 2.45) is 5.41 Å². The number of benzene rings is 1. The van der Waals surface area contributed by atoms with Gasteiger partial charge in [0.2, 0.25) is 0 Å². The summed E-state index contributed by atoms with van der Waals surface area (Å²) < 4.78 is 0. The number of nitrogens with one attached hydrogen (secondary N) is 1. The third kappa shape index (κ3) is 1.70. The van der Waals surface area contributed by atoms with Crippen molar-refractivity contribution >= 4 is 0 Å². The van der Waals surface area contributed by atoms with E-state index in [-0.39, 0.29) is 11.5 Å². The fourth-order valence-corrected chi connectivity index (χ4v) is 4.03. The van der Waals surface area contributed by atoms with Crippen molar-refractivity contribution in [3.05, 3.63) is 35.9 Å². The van der Waals surface area contributed by atoms with Gasteiger partial charge in [0.1, 0.15) is 0 Å². The molecule has 98 valence electrons. The molecule has 1 heterocycles. The lowest BCUT2D eigenvalue weighted by Crippen LogP contribution is -2.60. The first-order valence-corrected chi connectivity index (χ1v) is 7.16. The van der Waals surface area contributed by atoms with Crippen molar-refractivity contribution in [1.29, 1.82) is 0 Å². The van der Waals surface area contributed by atoms with Crippen molar-refractivity contribution in [2.75, 3.05) is 6.54 Å². The molecule has 0 aromatic heterocycles. The second kappa shape index (κ2) is 4.36. The van der Waals surface area contributed by atoms with Gasteiger partial charge in [-0.15, -0.1) is 0 Å². The minimum atomic E-state index is -0.475. The van der Waals surface area contributed by atoms with E-state index in [0.717, 1.165) is 25.8 Å². The number of hydrogen-bond acceptors (Lipinski definition) is 2. The van der Waals surface area contributed by atoms with Crippen LogP contribution >= 0.6 is 0 Å². The molecule has 2 nitrogen and oxygen atoms in total. The van der Waals surface area contributed by atoms with Crippen molar-refractivity contribution in [3.63, 3.8) is 0 Å². The number of fused-ring (bicyclic) bond motifs is 1. The van der Waals surface area contributed by atoms with Crippen LogP contribution in [0.2, 0.25) is 0 Å². The van der Waals surface area contributed by atoms with Crippen LogP contribution in [0, 0.1) is 5.41 Å². The molecule has 1 saturated heterocycles. The van der Waals surface area contributed by atoms with Gasteiger partial charge in [-0.05, 0) is 31.4 Å². The third-order valence-corrected chi connectivity index (χ3v) is 5.26. The zero-order valence-electron chi connectivity index (χ0n) is 11.2. The normalized spacial score (nSPS) is 40.2. The van der Waals surface area contributed by atoms with Gasteiger partial charge in [0.25, 0.3) is 0 Å². The maximum Gasteiger partial charge on any atom is 0.0731 e. The van der Waals surface area contributed by atoms with E-state index in [1.807, 2.05) is 0 Å². The van der Waals surface area contributed by atoms with E-state index in [1.165, 1.54) is 18.4 Å². The summed E-state index contributed by atoms with van der Waals surface area (Å²) in [6.45, 7) is 3.20. The summed E-state index contributed by atoms with van der Waals surface area (Å²) in [7, 11) is 0. The topological polar surface area (TPSA) is 32.3 Å². The summed E-state index contributed by atoms with van der Waals surface area (Å²) in [4.78, 5) is 0. The molecular weight excluding hydrogens is 222 g/mol. The Labute approximate surface area is 109 Å². The molecule has 0 unspecified atom stereocenters. The fraction of sp³-hybridized carbons (Fsp3) is 0.625. The Bertz CT molecular complexity index is 414. The van der Waals surface area contributed by atoms with Crippen LogP contribution in [0.3, 0.4) is 0 Å². The largest absolute Gasteiger partial charge is 0.389 e. The van der Waals surface area contributed by atoms with E-state index in [0.29, 0.717) is 0 Å². The second-order valence-electron chi connectivity index (χ2n) is 6.20. The van der Waals surface area contributed by atoms with Crippen LogP contribution in [-0.2, 0) is 0 Å². The first kappa shape index (κ1) is 12.2. The van der Waals surface area contributed by atoms with Gasteiger partial charge >= 0.3 is 0 Å². The number of piperidine rings is 1. The van der Waals surface area contributed by atoms with Gasteiger partial charge < -0.3 is 10.4 Å². The Morgan fingerprint density at radius 2 is 1.83 bits per heavy atom. The monoisotopic (exact) mass is 245 g/mol. The molecule has 1 aromatic carbocycles. The molecule has 2 N–H and O–H groups in total. The van der Waals surface area contributed by atoms with Gasteiger partial charge in [-0.25, -0.2) is 0 Å². The van der Waals surface area contributed by atoms with Gasteiger partial charge in [0, 0.05) is 11.5 Å². The first-order chi connectivity index (χ1) is 8.66. The summed E-state index contributed by atoms with van der Waals surface area (Å²) >= 11 is 0. The van der Waals surface area contributed by atoms with Crippen molar-refractivity contribution in [1.82, 2.24) is 5.32 Å². The smallest absolute Gasteiger partial charge is 0.0731 e. The van der Waals surface area contributed by atoms with Crippen LogP contribution in [0.4, 0.5) is 0 Å². The lowest BCUT2D eigenvalue weighted by atomic mass is 9.56. The Kier molecular flexibility index (Phi) is 2.95. The number of aliphatic hydroxyl groups is 1. The van der Waals surface area contributed by atoms with Gasteiger partial charge in [-0.2, -0.15) is 0 Å². The molecule has 0 bridgehead atoms. The lowest BCUT2D eigenvalue weighted by molar-refractivity contribution is -0.146. The van der Waals surface area contributed by atoms with Gasteiger partial charge in [0.05, 0.1) is 5.60 Å². The maximum absolute atomic E-state index is 11.0. The van der Waals surface area contributed by atoms with E-state index in [2.05, 4.69) is 42.6 Å². The molecule has 2 heteroatoms. The average Bonchev–Trinajstić information content (AvgIpc) is 2.39. The summed E-state index contributed by atoms with van der Waals surface area (Å²) in [6.07, 6.45) is 5.40. The van der Waals surface area contributed by atoms with E-state index in [1.54, 1.807) is 0 Å². The van der Waals surface area contributed by atoms with Crippen LogP contribution < -0.4 is 5.32 Å². The van der Waals surface area contributed by atoms with Crippen LogP contribution in [-0.4, -0.2) is 17.3 Å². The highest BCUT2D eigenvalue weighted by Gasteiger charge is 2.54. The average molecular weight is 245 g/mol. The predicted octanol–water partition coefficient (Wildman–Crippen LogP) is 3.03. The predicted molar refractivity (Wildman–Crippen MR) is 73.3 cm³/mol. The zero-order valence-corrected chi connectivity index (χ0v) is 11.2. The Morgan fingerprint density at radius 1 is 1.11 bits per heavy atom. The molecular formula is C16H23NO. The highest BCUT2D eigenvalue weighted by Crippen LogP contribution is 2.55. The van der Waals surface area contributed by atoms with Gasteiger partial charge in [-0.1, -0.05) is 50.1 Å². The molecule has 2 fully saturated rings. The highest BCUT2D eigenvalue weighted by atomic mass is 16.3. The minimum absolute atomic E-state index is 0.0230. The summed E-state index contributed by atoms with van der Waals surface area (Å²) in [5.41, 5.74) is 0.821. The molecule has 1 aromatic rings. The van der Waals surface area contributed by atoms with Crippen molar-refractivity contribution < 1.29 is 5.11 Å². The SMILES string of the molecule is C[C@]12CCCC[C@]1(O)CCN[C@@H]2c1ccccc1. The van der Waals surface area contributed by atoms with E-state index in [9.17, 15) is 5.11 Å². The second-order valence-corrected chi connectivity index (χ2v) is 6.20. The van der Waals surface area contributed by atoms with Crippen LogP contribution in [0.15, 0.2) is 30.3 Å². The molecule has 0 spiro atoms. The molecule has 2 aliphatic rings. The molecule has 18 heavy (non-hydrogen) atoms. The maximum atomic E-state index is 11.0. The minimum Gasteiger partial charge on any atom is -0.389 e. The molecule has 1 aliphatic carbocycles. The van der Waals surface area contributed by atoms with Crippen LogP contribution in [0.1, 0.15) is 50.6 Å². The lowest BCUT2D eigenvalue weighted by Gasteiger charge is -2.56. The molecule has 0 radical (unpaired) electrons. The van der Waals surface area contributed by atoms with E-state index >= 15 is 0 Å². The van der Waals surface area contributed by atoms with Crippen molar-refractivity contribution in [2.45, 2.75) is 50.7 Å². The number of hydrogen-bond donors (Lipinski definition) is 2. The summed E-state index contributed by atoms with van der Waals surface area (Å²) in [6, 6.07) is 10.9. The molecule has 3 rings (SSSR count). The summed E-state index contributed by atoms with van der Waals surface area (Å²) in [5.74, 6) is 0. The Hall–Kier alpha value is -0.860. The van der Waals surface area contributed by atoms with Crippen molar-refractivity contribution in [3.8, 4) is 0 Å². The van der Waals surface area contributed by atoms with E-state index < -0.39 is 5.60 Å². The molecule has 1 saturated carbocycles. The Morgan fingerprint density at radius 3 is 2.61 bits per heavy atom. The zero-order chi connectivity index (χ0) is 12.6. The summed E-state index contributed by atoms with van der Waals surface area (Å²) in [5, 5.41) is 14.7. The van der Waals surface area contributed by atoms with Gasteiger partial charge in [0.15, 0.2) is 0 Å². The first-order valence-electron chi connectivity index (χ1n) is 7.16.